The first-order valence-corrected chi connectivity index (χ1v) is 19.4. The van der Waals surface area contributed by atoms with E-state index in [1.165, 1.54) is 49.7 Å². The van der Waals surface area contributed by atoms with Crippen molar-refractivity contribution in [3.63, 3.8) is 0 Å². The van der Waals surface area contributed by atoms with Crippen LogP contribution >= 0.6 is 0 Å². The molecular weight excluding hydrogens is 681 g/mol. The molecule has 4 aliphatic rings. The van der Waals surface area contributed by atoms with Crippen molar-refractivity contribution in [3.05, 3.63) is 221 Å². The molecule has 7 aromatic rings. The van der Waals surface area contributed by atoms with Gasteiger partial charge in [0.05, 0.1) is 35.0 Å². The van der Waals surface area contributed by atoms with Gasteiger partial charge in [-0.15, -0.1) is 0 Å². The summed E-state index contributed by atoms with van der Waals surface area (Å²) in [5, 5.41) is 15.1. The molecule has 0 fully saturated rings. The Hall–Kier alpha value is -7.17. The van der Waals surface area contributed by atoms with Gasteiger partial charge in [-0.3, -0.25) is 0 Å². The molecule has 0 spiro atoms. The van der Waals surface area contributed by atoms with Gasteiger partial charge in [0.25, 0.3) is 0 Å². The second-order valence-corrected chi connectivity index (χ2v) is 14.9. The highest BCUT2D eigenvalue weighted by Gasteiger charge is 2.24. The van der Waals surface area contributed by atoms with Gasteiger partial charge in [-0.1, -0.05) is 170 Å². The number of fused-ring (bicyclic) bond motifs is 6. The number of rotatable bonds is 5. The number of aromatic nitrogens is 1. The third-order valence-electron chi connectivity index (χ3n) is 11.5. The molecule has 11 rings (SSSR count). The minimum Gasteiger partial charge on any atom is -0.374 e. The summed E-state index contributed by atoms with van der Waals surface area (Å²) in [5.41, 5.74) is 16.2. The fourth-order valence-corrected chi connectivity index (χ4v) is 8.51. The number of pyridine rings is 1. The molecule has 4 heteroatoms. The summed E-state index contributed by atoms with van der Waals surface area (Å²) < 4.78 is 0. The van der Waals surface area contributed by atoms with Gasteiger partial charge in [-0.25, -0.2) is 4.98 Å². The zero-order valence-corrected chi connectivity index (χ0v) is 30.7. The number of hydrogen-bond acceptors (Lipinski definition) is 4. The van der Waals surface area contributed by atoms with Crippen molar-refractivity contribution in [2.24, 2.45) is 0 Å². The van der Waals surface area contributed by atoms with E-state index in [9.17, 15) is 0 Å². The quantitative estimate of drug-likeness (QED) is 0.166. The van der Waals surface area contributed by atoms with Crippen LogP contribution in [0.15, 0.2) is 188 Å². The van der Waals surface area contributed by atoms with Crippen LogP contribution in [0.25, 0.3) is 56.4 Å². The number of anilines is 2. The van der Waals surface area contributed by atoms with Crippen LogP contribution in [0, 0.1) is 0 Å². The van der Waals surface area contributed by atoms with E-state index < -0.39 is 0 Å². The van der Waals surface area contributed by atoms with E-state index in [-0.39, 0.29) is 18.1 Å². The second-order valence-electron chi connectivity index (χ2n) is 14.9. The predicted octanol–water partition coefficient (Wildman–Crippen LogP) is 12.3. The van der Waals surface area contributed by atoms with Gasteiger partial charge in [-0.05, 0) is 79.6 Å². The van der Waals surface area contributed by atoms with Gasteiger partial charge >= 0.3 is 0 Å². The normalized spacial score (nSPS) is 19.1. The Balaban J connectivity index is 0.814. The molecule has 3 atom stereocenters. The standard InChI is InChI=1S/C52H38N4/c1-2-8-34(9-3-1)46-28-24-38-19-20-39-25-29-47(56-52(39)51(38)55-46)36-16-14-35(15-17-36)45-27-23-37-18-22-42(32-50(37)54-45)48-30-26-44-43(11-6-12-49(44)53-48)41-21-13-33-7-4-5-10-40(33)31-41/h1-32,45,47,49,53-54,56H. The lowest BCUT2D eigenvalue weighted by molar-refractivity contribution is 0.817. The van der Waals surface area contributed by atoms with Crippen LogP contribution < -0.4 is 16.0 Å². The number of nitrogens with zero attached hydrogens (tertiary/aromatic N) is 1. The van der Waals surface area contributed by atoms with Gasteiger partial charge in [0.1, 0.15) is 0 Å². The minimum absolute atomic E-state index is 0.0476. The average Bonchev–Trinajstić information content (AvgIpc) is 3.28. The molecular formula is C52H38N4. The van der Waals surface area contributed by atoms with Gasteiger partial charge in [-0.2, -0.15) is 0 Å². The fraction of sp³-hybridized carbons (Fsp3) is 0.0577. The number of nitrogens with one attached hydrogen (secondary N) is 3. The molecule has 0 amide bonds. The molecule has 4 nitrogen and oxygen atoms in total. The molecule has 266 valence electrons. The molecule has 0 radical (unpaired) electrons. The summed E-state index contributed by atoms with van der Waals surface area (Å²) in [6.45, 7) is 0. The first kappa shape index (κ1) is 32.3. The Labute approximate surface area is 326 Å². The van der Waals surface area contributed by atoms with Gasteiger partial charge in [0, 0.05) is 22.3 Å². The zero-order chi connectivity index (χ0) is 37.0. The lowest BCUT2D eigenvalue weighted by Gasteiger charge is -2.30. The highest BCUT2D eigenvalue weighted by atomic mass is 15.0. The van der Waals surface area contributed by atoms with E-state index in [2.05, 4.69) is 204 Å². The Bertz CT molecular complexity index is 2890. The van der Waals surface area contributed by atoms with Crippen molar-refractivity contribution < 1.29 is 0 Å². The zero-order valence-electron chi connectivity index (χ0n) is 30.7. The summed E-state index contributed by atoms with van der Waals surface area (Å²) in [6, 6.07) is 50.3. The topological polar surface area (TPSA) is 49.0 Å². The third kappa shape index (κ3) is 5.75. The van der Waals surface area contributed by atoms with Crippen LogP contribution in [0.3, 0.4) is 0 Å². The van der Waals surface area contributed by atoms with E-state index in [0.29, 0.717) is 0 Å². The van der Waals surface area contributed by atoms with Gasteiger partial charge in [0.15, 0.2) is 0 Å². The van der Waals surface area contributed by atoms with Crippen LogP contribution in [0.4, 0.5) is 11.4 Å². The molecule has 1 aromatic heterocycles. The lowest BCUT2D eigenvalue weighted by Crippen LogP contribution is -2.31. The molecule has 56 heavy (non-hydrogen) atoms. The minimum atomic E-state index is 0.0476. The molecule has 1 aliphatic carbocycles. The first-order valence-electron chi connectivity index (χ1n) is 19.4. The number of hydrogen-bond donors (Lipinski definition) is 3. The van der Waals surface area contributed by atoms with E-state index in [0.717, 1.165) is 44.8 Å². The van der Waals surface area contributed by atoms with Gasteiger partial charge in [0.2, 0.25) is 0 Å². The smallest absolute Gasteiger partial charge is 0.0947 e. The predicted molar refractivity (Wildman–Crippen MR) is 235 cm³/mol. The van der Waals surface area contributed by atoms with Crippen molar-refractivity contribution in [3.8, 4) is 11.3 Å². The van der Waals surface area contributed by atoms with Crippen LogP contribution in [0.1, 0.15) is 45.5 Å². The lowest BCUT2D eigenvalue weighted by atomic mass is 9.85. The van der Waals surface area contributed by atoms with E-state index >= 15 is 0 Å². The molecule has 0 saturated carbocycles. The third-order valence-corrected chi connectivity index (χ3v) is 11.5. The average molecular weight is 719 g/mol. The maximum absolute atomic E-state index is 5.13. The summed E-state index contributed by atoms with van der Waals surface area (Å²) in [4.78, 5) is 5.13. The van der Waals surface area contributed by atoms with Crippen molar-refractivity contribution in [2.75, 3.05) is 10.6 Å². The van der Waals surface area contributed by atoms with Crippen molar-refractivity contribution in [1.82, 2.24) is 10.3 Å². The summed E-state index contributed by atoms with van der Waals surface area (Å²) in [5.74, 6) is 0. The van der Waals surface area contributed by atoms with Crippen LogP contribution in [-0.4, -0.2) is 11.0 Å². The maximum Gasteiger partial charge on any atom is 0.0947 e. The Morgan fingerprint density at radius 2 is 1.18 bits per heavy atom. The molecule has 3 N–H and O–H groups in total. The fourth-order valence-electron chi connectivity index (χ4n) is 8.51. The molecule has 0 bridgehead atoms. The van der Waals surface area contributed by atoms with E-state index in [1.54, 1.807) is 0 Å². The van der Waals surface area contributed by atoms with E-state index in [4.69, 9.17) is 4.98 Å². The van der Waals surface area contributed by atoms with E-state index in [1.807, 2.05) is 6.07 Å². The second kappa shape index (κ2) is 13.3. The Morgan fingerprint density at radius 1 is 0.464 bits per heavy atom. The van der Waals surface area contributed by atoms with Crippen LogP contribution in [-0.2, 0) is 0 Å². The number of benzene rings is 6. The number of dihydropyridines is 1. The summed E-state index contributed by atoms with van der Waals surface area (Å²) in [6.07, 6.45) is 20.1. The maximum atomic E-state index is 5.13. The summed E-state index contributed by atoms with van der Waals surface area (Å²) in [7, 11) is 0. The van der Waals surface area contributed by atoms with Crippen LogP contribution in [0.2, 0.25) is 0 Å². The SMILES string of the molecule is C1=CC2NC(c3ccc4c(c3)NC(c3ccc(C5C=Cc6ccc7ccc(-c8ccccc8)nc7c6N5)cc3)C=C4)=CC=C2C(c2ccc3ccccc3c2)=C1. The van der Waals surface area contributed by atoms with Crippen molar-refractivity contribution in [1.29, 1.82) is 0 Å². The Kier molecular flexibility index (Phi) is 7.66. The molecule has 6 aromatic carbocycles. The van der Waals surface area contributed by atoms with Crippen molar-refractivity contribution in [2.45, 2.75) is 18.1 Å². The molecule has 0 saturated heterocycles. The highest BCUT2D eigenvalue weighted by molar-refractivity contribution is 5.98. The number of allylic oxidation sites excluding steroid dienone is 4. The summed E-state index contributed by atoms with van der Waals surface area (Å²) >= 11 is 0. The first-order chi connectivity index (χ1) is 27.7. The van der Waals surface area contributed by atoms with Gasteiger partial charge < -0.3 is 16.0 Å². The van der Waals surface area contributed by atoms with Crippen LogP contribution in [0.5, 0.6) is 0 Å². The highest BCUT2D eigenvalue weighted by Crippen LogP contribution is 2.39. The van der Waals surface area contributed by atoms with Crippen molar-refractivity contribution >= 4 is 56.5 Å². The molecule has 4 heterocycles. The largest absolute Gasteiger partial charge is 0.374 e. The molecule has 3 unspecified atom stereocenters. The monoisotopic (exact) mass is 718 g/mol. The molecule has 3 aliphatic heterocycles. The Morgan fingerprint density at radius 3 is 2.04 bits per heavy atom.